The molecule has 0 saturated carbocycles. The lowest BCUT2D eigenvalue weighted by Gasteiger charge is -2.28. The van der Waals surface area contributed by atoms with Gasteiger partial charge in [0.25, 0.3) is 5.91 Å². The van der Waals surface area contributed by atoms with Gasteiger partial charge in [0.05, 0.1) is 37.2 Å². The van der Waals surface area contributed by atoms with E-state index in [1.807, 2.05) is 54.6 Å². The molecule has 0 atom stereocenters. The molecule has 31 heavy (non-hydrogen) atoms. The quantitative estimate of drug-likeness (QED) is 0.641. The Morgan fingerprint density at radius 1 is 1.10 bits per heavy atom. The van der Waals surface area contributed by atoms with Gasteiger partial charge in [0.1, 0.15) is 0 Å². The zero-order chi connectivity index (χ0) is 21.6. The van der Waals surface area contributed by atoms with E-state index < -0.39 is 0 Å². The summed E-state index contributed by atoms with van der Waals surface area (Å²) in [6, 6.07) is 17.2. The number of nitrogens with zero attached hydrogens (tertiary/aromatic N) is 3. The van der Waals surface area contributed by atoms with Gasteiger partial charge in [-0.15, -0.1) is 0 Å². The Labute approximate surface area is 180 Å². The molecule has 8 nitrogen and oxygen atoms in total. The van der Waals surface area contributed by atoms with E-state index in [0.717, 1.165) is 37.6 Å². The highest BCUT2D eigenvalue weighted by Crippen LogP contribution is 2.22. The second-order valence-corrected chi connectivity index (χ2v) is 7.38. The summed E-state index contributed by atoms with van der Waals surface area (Å²) in [5, 5.41) is 9.73. The Balaban J connectivity index is 1.36. The lowest BCUT2D eigenvalue weighted by Crippen LogP contribution is -2.36. The molecule has 1 aromatic heterocycles. The first-order chi connectivity index (χ1) is 15.1. The van der Waals surface area contributed by atoms with Gasteiger partial charge in [-0.05, 0) is 24.3 Å². The summed E-state index contributed by atoms with van der Waals surface area (Å²) in [7, 11) is 1.60. The number of anilines is 2. The first-order valence-corrected chi connectivity index (χ1v) is 10.2. The number of carbonyl (C=O) groups excluding carboxylic acids is 2. The van der Waals surface area contributed by atoms with Crippen LogP contribution in [0.3, 0.4) is 0 Å². The molecule has 0 unspecified atom stereocenters. The fourth-order valence-electron chi connectivity index (χ4n) is 3.54. The van der Waals surface area contributed by atoms with Gasteiger partial charge in [0.15, 0.2) is 0 Å². The second-order valence-electron chi connectivity index (χ2n) is 7.38. The maximum atomic E-state index is 12.9. The molecule has 1 fully saturated rings. The van der Waals surface area contributed by atoms with Crippen LogP contribution in [0, 0.1) is 0 Å². The fraction of sp³-hybridized carbons (Fsp3) is 0.261. The maximum Gasteiger partial charge on any atom is 0.257 e. The molecule has 2 N–H and O–H groups in total. The van der Waals surface area contributed by atoms with Crippen LogP contribution < -0.4 is 10.2 Å². The van der Waals surface area contributed by atoms with Crippen molar-refractivity contribution < 1.29 is 14.3 Å². The summed E-state index contributed by atoms with van der Waals surface area (Å²) in [4.78, 5) is 29.0. The van der Waals surface area contributed by atoms with Crippen LogP contribution >= 0.6 is 0 Å². The van der Waals surface area contributed by atoms with Crippen LogP contribution in [0.5, 0.6) is 0 Å². The molecule has 0 radical (unpaired) electrons. The molecule has 4 rings (SSSR count). The number of hydrogen-bond acceptors (Lipinski definition) is 5. The van der Waals surface area contributed by atoms with Crippen molar-refractivity contribution in [1.29, 1.82) is 0 Å². The zero-order valence-electron chi connectivity index (χ0n) is 17.4. The van der Waals surface area contributed by atoms with Crippen LogP contribution in [0.15, 0.2) is 60.8 Å². The van der Waals surface area contributed by atoms with E-state index in [1.165, 1.54) is 11.1 Å². The highest BCUT2D eigenvalue weighted by molar-refractivity contribution is 6.02. The van der Waals surface area contributed by atoms with Gasteiger partial charge in [-0.2, -0.15) is 5.10 Å². The zero-order valence-corrected chi connectivity index (χ0v) is 17.4. The maximum absolute atomic E-state index is 12.9. The largest absolute Gasteiger partial charge is 0.378 e. The van der Waals surface area contributed by atoms with Crippen molar-refractivity contribution in [1.82, 2.24) is 15.1 Å². The topological polar surface area (TPSA) is 90.6 Å². The Kier molecular flexibility index (Phi) is 6.28. The minimum atomic E-state index is -0.273. The van der Waals surface area contributed by atoms with Crippen molar-refractivity contribution in [2.24, 2.45) is 0 Å². The number of nitrogens with one attached hydrogen (secondary N) is 2. The number of amides is 2. The number of rotatable bonds is 6. The normalized spacial score (nSPS) is 13.6. The van der Waals surface area contributed by atoms with Gasteiger partial charge in [0, 0.05) is 37.1 Å². The summed E-state index contributed by atoms with van der Waals surface area (Å²) in [6.45, 7) is 3.10. The summed E-state index contributed by atoms with van der Waals surface area (Å²) in [5.41, 5.74) is 3.72. The number of ether oxygens (including phenoxy) is 1. The summed E-state index contributed by atoms with van der Waals surface area (Å²) >= 11 is 0. The lowest BCUT2D eigenvalue weighted by molar-refractivity contribution is -0.116. The average molecular weight is 419 g/mol. The van der Waals surface area contributed by atoms with Crippen molar-refractivity contribution >= 4 is 23.2 Å². The van der Waals surface area contributed by atoms with Gasteiger partial charge < -0.3 is 19.9 Å². The number of aromatic nitrogens is 2. The van der Waals surface area contributed by atoms with Crippen LogP contribution in [0.25, 0.3) is 11.3 Å². The number of H-pyrrole nitrogens is 1. The third-order valence-electron chi connectivity index (χ3n) is 5.19. The minimum absolute atomic E-state index is 0.0660. The molecule has 0 bridgehead atoms. The number of carbonyl (C=O) groups is 2. The Morgan fingerprint density at radius 3 is 2.52 bits per heavy atom. The summed E-state index contributed by atoms with van der Waals surface area (Å²) in [5.74, 6) is -0.537. The van der Waals surface area contributed by atoms with E-state index in [2.05, 4.69) is 20.4 Å². The van der Waals surface area contributed by atoms with Crippen LogP contribution in [-0.4, -0.2) is 66.8 Å². The molecular formula is C23H25N5O3. The van der Waals surface area contributed by atoms with Crippen molar-refractivity contribution in [3.8, 4) is 11.3 Å². The Morgan fingerprint density at radius 2 is 1.81 bits per heavy atom. The standard InChI is InChI=1S/C23H25N5O3/c1-27(23(30)20-15-24-26-22(20)17-5-3-2-4-6-17)16-21(29)25-18-7-9-19(10-8-18)28-11-13-31-14-12-28/h2-10,15H,11-14,16H2,1H3,(H,24,26)(H,25,29). The van der Waals surface area contributed by atoms with E-state index >= 15 is 0 Å². The van der Waals surface area contributed by atoms with Crippen LogP contribution in [0.2, 0.25) is 0 Å². The predicted octanol–water partition coefficient (Wildman–Crippen LogP) is 2.62. The monoisotopic (exact) mass is 419 g/mol. The van der Waals surface area contributed by atoms with Gasteiger partial charge >= 0.3 is 0 Å². The molecule has 2 aromatic carbocycles. The van der Waals surface area contributed by atoms with E-state index in [-0.39, 0.29) is 18.4 Å². The molecule has 160 valence electrons. The number of aromatic amines is 1. The van der Waals surface area contributed by atoms with Crippen molar-refractivity contribution in [2.45, 2.75) is 0 Å². The van der Waals surface area contributed by atoms with Gasteiger partial charge in [0.2, 0.25) is 5.91 Å². The fourth-order valence-corrected chi connectivity index (χ4v) is 3.54. The molecule has 1 saturated heterocycles. The Bertz CT molecular complexity index is 1030. The number of benzene rings is 2. The van der Waals surface area contributed by atoms with E-state index in [1.54, 1.807) is 7.05 Å². The van der Waals surface area contributed by atoms with Gasteiger partial charge in [-0.1, -0.05) is 30.3 Å². The molecule has 0 aliphatic carbocycles. The molecule has 8 heteroatoms. The lowest BCUT2D eigenvalue weighted by atomic mass is 10.1. The van der Waals surface area contributed by atoms with Crippen molar-refractivity contribution in [3.05, 3.63) is 66.4 Å². The number of hydrogen-bond donors (Lipinski definition) is 2. The number of morpholine rings is 1. The second kappa shape index (κ2) is 9.44. The number of likely N-dealkylation sites (N-methyl/N-ethyl adjacent to an activating group) is 1. The van der Waals surface area contributed by atoms with Crippen LogP contribution in [0.4, 0.5) is 11.4 Å². The average Bonchev–Trinajstić information content (AvgIpc) is 3.30. The van der Waals surface area contributed by atoms with E-state index in [9.17, 15) is 9.59 Å². The van der Waals surface area contributed by atoms with Gasteiger partial charge in [-0.25, -0.2) is 0 Å². The molecule has 1 aliphatic heterocycles. The highest BCUT2D eigenvalue weighted by atomic mass is 16.5. The summed E-state index contributed by atoms with van der Waals surface area (Å²) < 4.78 is 5.38. The third kappa shape index (κ3) is 4.92. The third-order valence-corrected chi connectivity index (χ3v) is 5.19. The van der Waals surface area contributed by atoms with Gasteiger partial charge in [-0.3, -0.25) is 14.7 Å². The molecule has 2 amide bonds. The SMILES string of the molecule is CN(CC(=O)Nc1ccc(N2CCOCC2)cc1)C(=O)c1cn[nH]c1-c1ccccc1. The molecule has 2 heterocycles. The smallest absolute Gasteiger partial charge is 0.257 e. The van der Waals surface area contributed by atoms with E-state index in [0.29, 0.717) is 16.9 Å². The predicted molar refractivity (Wildman–Crippen MR) is 119 cm³/mol. The first-order valence-electron chi connectivity index (χ1n) is 10.2. The van der Waals surface area contributed by atoms with E-state index in [4.69, 9.17) is 4.74 Å². The highest BCUT2D eigenvalue weighted by Gasteiger charge is 2.20. The minimum Gasteiger partial charge on any atom is -0.378 e. The first kappa shape index (κ1) is 20.6. The van der Waals surface area contributed by atoms with Crippen LogP contribution in [-0.2, 0) is 9.53 Å². The molecule has 0 spiro atoms. The van der Waals surface area contributed by atoms with Crippen molar-refractivity contribution in [3.63, 3.8) is 0 Å². The summed E-state index contributed by atoms with van der Waals surface area (Å²) in [6.07, 6.45) is 1.49. The van der Waals surface area contributed by atoms with Crippen molar-refractivity contribution in [2.75, 3.05) is 50.1 Å². The molecule has 1 aliphatic rings. The Hall–Kier alpha value is -3.65. The molecule has 3 aromatic rings. The molecular weight excluding hydrogens is 394 g/mol. The van der Waals surface area contributed by atoms with Crippen LogP contribution in [0.1, 0.15) is 10.4 Å².